The average Bonchev–Trinajstić information content (AvgIpc) is 2.76. The van der Waals surface area contributed by atoms with Crippen LogP contribution in [0.1, 0.15) is 11.1 Å². The van der Waals surface area contributed by atoms with Crippen molar-refractivity contribution in [2.75, 3.05) is 28.4 Å². The van der Waals surface area contributed by atoms with Gasteiger partial charge in [0.1, 0.15) is 23.0 Å². The topological polar surface area (TPSA) is 166 Å². The minimum Gasteiger partial charge on any atom is -0.497 e. The number of ether oxygens (including phenoxy) is 4. The van der Waals surface area contributed by atoms with Crippen molar-refractivity contribution < 1.29 is 50.5 Å². The van der Waals surface area contributed by atoms with Crippen molar-refractivity contribution in [3.8, 4) is 23.0 Å². The maximum Gasteiger partial charge on any atom is 0.353 e. The molecule has 0 saturated heterocycles. The summed E-state index contributed by atoms with van der Waals surface area (Å²) in [6.45, 7) is -0.261. The van der Waals surface area contributed by atoms with E-state index in [1.165, 1.54) is 26.4 Å². The fraction of sp³-hybridized carbons (Fsp3) is 0.333. The lowest BCUT2D eigenvalue weighted by molar-refractivity contribution is 0.279. The molecule has 0 aliphatic heterocycles. The van der Waals surface area contributed by atoms with Crippen molar-refractivity contribution in [3.63, 3.8) is 0 Å². The van der Waals surface area contributed by atoms with Gasteiger partial charge in [-0.3, -0.25) is 4.55 Å². The van der Waals surface area contributed by atoms with Crippen LogP contribution >= 0.6 is 21.4 Å². The molecule has 0 heterocycles. The van der Waals surface area contributed by atoms with Crippen molar-refractivity contribution in [3.05, 3.63) is 41.5 Å². The Bertz CT molecular complexity index is 1020. The van der Waals surface area contributed by atoms with E-state index < -0.39 is 18.4 Å². The quantitative estimate of drug-likeness (QED) is 0.342. The Labute approximate surface area is 201 Å². The third-order valence-corrected chi connectivity index (χ3v) is 4.89. The number of aliphatic hydroxyl groups is 2. The van der Waals surface area contributed by atoms with Gasteiger partial charge in [0, 0.05) is 27.4 Å². The van der Waals surface area contributed by atoms with Gasteiger partial charge in [0.15, 0.2) is 4.90 Å². The summed E-state index contributed by atoms with van der Waals surface area (Å²) in [6, 6.07) is 8.07. The van der Waals surface area contributed by atoms with Crippen LogP contribution in [-0.2, 0) is 31.6 Å². The van der Waals surface area contributed by atoms with Gasteiger partial charge in [-0.2, -0.15) is 8.42 Å². The van der Waals surface area contributed by atoms with Crippen molar-refractivity contribution in [1.82, 2.24) is 0 Å². The molecule has 0 aliphatic carbocycles. The zero-order chi connectivity index (χ0) is 25.8. The average molecular weight is 551 g/mol. The number of aliphatic hydroxyl groups excluding tert-OH is 2. The summed E-state index contributed by atoms with van der Waals surface area (Å²) in [7, 11) is 6.94. The second-order valence-corrected chi connectivity index (χ2v) is 10.2. The van der Waals surface area contributed by atoms with E-state index in [4.69, 9.17) is 52.8 Å². The molecule has 0 saturated carbocycles. The zero-order valence-electron chi connectivity index (χ0n) is 18.0. The van der Waals surface area contributed by atoms with Gasteiger partial charge in [-0.15, -0.1) is 0 Å². The number of halogens is 2. The van der Waals surface area contributed by atoms with E-state index >= 15 is 0 Å². The summed E-state index contributed by atoms with van der Waals surface area (Å²) in [4.78, 5) is -0.239. The van der Waals surface area contributed by atoms with E-state index in [1.54, 1.807) is 32.4 Å². The molecule has 188 valence electrons. The Morgan fingerprint density at radius 1 is 0.697 bits per heavy atom. The molecular weight excluding hydrogens is 527 g/mol. The summed E-state index contributed by atoms with van der Waals surface area (Å²) in [5, 5.41) is 17.8. The molecule has 2 aromatic rings. The fourth-order valence-electron chi connectivity index (χ4n) is 2.22. The lowest BCUT2D eigenvalue weighted by Gasteiger charge is -2.12. The molecule has 3 N–H and O–H groups in total. The normalized spacial score (nSPS) is 10.7. The first-order valence-electron chi connectivity index (χ1n) is 8.54. The van der Waals surface area contributed by atoms with E-state index in [0.29, 0.717) is 17.1 Å². The van der Waals surface area contributed by atoms with Gasteiger partial charge >= 0.3 is 9.33 Å². The molecule has 0 fully saturated rings. The molecule has 0 atom stereocenters. The molecule has 33 heavy (non-hydrogen) atoms. The predicted octanol–water partition coefficient (Wildman–Crippen LogP) is 2.35. The highest BCUT2D eigenvalue weighted by Gasteiger charge is 2.23. The highest BCUT2D eigenvalue weighted by Crippen LogP contribution is 2.36. The monoisotopic (exact) mass is 550 g/mol. The van der Waals surface area contributed by atoms with Crippen molar-refractivity contribution in [2.45, 2.75) is 18.1 Å². The second-order valence-electron chi connectivity index (χ2n) is 5.72. The maximum absolute atomic E-state index is 11.3. The number of hydrogen-bond acceptors (Lipinski definition) is 10. The van der Waals surface area contributed by atoms with Gasteiger partial charge in [-0.05, 0) is 35.4 Å². The van der Waals surface area contributed by atoms with Crippen LogP contribution in [0.2, 0.25) is 0 Å². The van der Waals surface area contributed by atoms with Crippen LogP contribution in [0, 0.1) is 0 Å². The van der Waals surface area contributed by atoms with E-state index in [2.05, 4.69) is 10.7 Å². The Morgan fingerprint density at radius 3 is 1.27 bits per heavy atom. The minimum absolute atomic E-state index is 0.00639. The summed E-state index contributed by atoms with van der Waals surface area (Å²) < 4.78 is 67.7. The predicted molar refractivity (Wildman–Crippen MR) is 121 cm³/mol. The highest BCUT2D eigenvalue weighted by atomic mass is 35.7. The number of benzene rings is 2. The number of methoxy groups -OCH3 is 4. The molecule has 0 aromatic heterocycles. The van der Waals surface area contributed by atoms with E-state index in [0.717, 1.165) is 5.56 Å². The van der Waals surface area contributed by atoms with Crippen LogP contribution in [0.5, 0.6) is 23.0 Å². The Morgan fingerprint density at radius 2 is 1.03 bits per heavy atom. The molecule has 11 nitrogen and oxygen atoms in total. The van der Waals surface area contributed by atoms with Gasteiger partial charge in [0.05, 0.1) is 41.7 Å². The summed E-state index contributed by atoms with van der Waals surface area (Å²) in [6.07, 6.45) is 0. The van der Waals surface area contributed by atoms with Gasteiger partial charge < -0.3 is 29.2 Å². The van der Waals surface area contributed by atoms with Gasteiger partial charge in [-0.25, -0.2) is 8.42 Å². The SMILES string of the molecule is COc1cc(CO)cc(OC)c1.COc1cc(CO)cc(OC)c1S(=O)(=O)Cl.O=S(=O)(O)Cl. The lowest BCUT2D eigenvalue weighted by atomic mass is 10.2. The fourth-order valence-corrected chi connectivity index (χ4v) is 3.44. The first-order valence-corrected chi connectivity index (χ1v) is 13.1. The first-order chi connectivity index (χ1) is 15.2. The molecule has 0 spiro atoms. The van der Waals surface area contributed by atoms with Gasteiger partial charge in [0.2, 0.25) is 0 Å². The smallest absolute Gasteiger partial charge is 0.353 e. The van der Waals surface area contributed by atoms with Crippen LogP contribution in [-0.4, -0.2) is 60.0 Å². The van der Waals surface area contributed by atoms with Gasteiger partial charge in [-0.1, -0.05) is 0 Å². The molecule has 0 bridgehead atoms. The summed E-state index contributed by atoms with van der Waals surface area (Å²) >= 11 is 0. The van der Waals surface area contributed by atoms with Crippen molar-refractivity contribution in [1.29, 1.82) is 0 Å². The molecule has 2 rings (SSSR count). The molecule has 15 heteroatoms. The van der Waals surface area contributed by atoms with Crippen molar-refractivity contribution in [2.24, 2.45) is 0 Å². The molecule has 0 aliphatic rings. The summed E-state index contributed by atoms with van der Waals surface area (Å²) in [5.41, 5.74) is 1.25. The first kappa shape index (κ1) is 31.0. The highest BCUT2D eigenvalue weighted by molar-refractivity contribution is 8.14. The molecule has 2 aromatic carbocycles. The number of rotatable bonds is 7. The van der Waals surface area contributed by atoms with Crippen LogP contribution < -0.4 is 18.9 Å². The van der Waals surface area contributed by atoms with Gasteiger partial charge in [0.25, 0.3) is 9.05 Å². The van der Waals surface area contributed by atoms with Crippen LogP contribution in [0.4, 0.5) is 0 Å². The Balaban J connectivity index is 0.000000530. The Hall–Kier alpha value is -2.00. The summed E-state index contributed by atoms with van der Waals surface area (Å²) in [5.74, 6) is 1.47. The molecule has 0 amide bonds. The third-order valence-electron chi connectivity index (χ3n) is 3.54. The molecular formula is C18H24Cl2O11S2. The largest absolute Gasteiger partial charge is 0.497 e. The molecule has 0 unspecified atom stereocenters. The van der Waals surface area contributed by atoms with E-state index in [9.17, 15) is 8.42 Å². The van der Waals surface area contributed by atoms with E-state index in [1.807, 2.05) is 0 Å². The van der Waals surface area contributed by atoms with E-state index in [-0.39, 0.29) is 29.6 Å². The van der Waals surface area contributed by atoms with Crippen LogP contribution in [0.3, 0.4) is 0 Å². The third kappa shape index (κ3) is 12.1. The standard InChI is InChI=1S/C9H11ClO5S.C9H12O3.ClHO3S/c1-14-7-3-6(5-11)4-8(15-2)9(7)16(10,12)13;1-11-8-3-7(6-10)4-9(5-8)12-2;1-5(2,3)4/h3-4,11H,5H2,1-2H3;3-5,10H,6H2,1-2H3;(H,2,3,4). The second kappa shape index (κ2) is 14.3. The maximum atomic E-state index is 11.3. The zero-order valence-corrected chi connectivity index (χ0v) is 21.1. The lowest BCUT2D eigenvalue weighted by Crippen LogP contribution is -2.01. The number of hydrogen-bond donors (Lipinski definition) is 3. The van der Waals surface area contributed by atoms with Crippen LogP contribution in [0.15, 0.2) is 35.2 Å². The molecule has 0 radical (unpaired) electrons. The minimum atomic E-state index is -4.19. The van der Waals surface area contributed by atoms with Crippen LogP contribution in [0.25, 0.3) is 0 Å². The van der Waals surface area contributed by atoms with Crippen molar-refractivity contribution >= 4 is 39.7 Å². The Kier molecular flexibility index (Phi) is 13.4.